The molecule has 2 aromatic heterocycles. The van der Waals surface area contributed by atoms with Gasteiger partial charge in [0.05, 0.1) is 0 Å². The van der Waals surface area contributed by atoms with Crippen LogP contribution in [0.1, 0.15) is 12.8 Å². The molecule has 0 radical (unpaired) electrons. The normalized spacial score (nSPS) is 16.7. The molecule has 3 rings (SSSR count). The molecule has 0 saturated heterocycles. The zero-order valence-corrected chi connectivity index (χ0v) is 14.5. The number of carbonyl (C=O) groups excluding carboxylic acids is 1. The first kappa shape index (κ1) is 15.4. The van der Waals surface area contributed by atoms with E-state index < -0.39 is 15.6 Å². The Balaban J connectivity index is 1.99. The Morgan fingerprint density at radius 2 is 2.14 bits per heavy atom. The Labute approximate surface area is 136 Å². The third-order valence-corrected chi connectivity index (χ3v) is 5.65. The first-order chi connectivity index (χ1) is 10.3. The molecule has 0 spiro atoms. The Kier molecular flexibility index (Phi) is 3.54. The van der Waals surface area contributed by atoms with Crippen LogP contribution in [0.2, 0.25) is 0 Å². The predicted octanol–water partition coefficient (Wildman–Crippen LogP) is 1.22. The smallest absolute Gasteiger partial charge is 0.243 e. The molecule has 1 aliphatic carbocycles. The molecule has 0 aliphatic heterocycles. The van der Waals surface area contributed by atoms with Gasteiger partial charge in [0.15, 0.2) is 0 Å². The largest absolute Gasteiger partial charge is 0.347 e. The highest BCUT2D eigenvalue weighted by atomic mass is 79.9. The molecule has 2 N–H and O–H groups in total. The Morgan fingerprint density at radius 3 is 2.73 bits per heavy atom. The maximum atomic E-state index is 12.7. The number of likely N-dealkylation sites (N-methyl/N-ethyl adjacent to an activating group) is 1. The van der Waals surface area contributed by atoms with Gasteiger partial charge in [0.2, 0.25) is 15.9 Å². The van der Waals surface area contributed by atoms with E-state index in [1.165, 1.54) is 11.1 Å². The predicted molar refractivity (Wildman–Crippen MR) is 84.8 cm³/mol. The number of nitrogens with zero attached hydrogens (tertiary/aromatic N) is 2. The lowest BCUT2D eigenvalue weighted by Gasteiger charge is -2.20. The first-order valence-electron chi connectivity index (χ1n) is 6.64. The maximum absolute atomic E-state index is 12.7. The van der Waals surface area contributed by atoms with Crippen molar-refractivity contribution in [2.75, 3.05) is 14.1 Å². The summed E-state index contributed by atoms with van der Waals surface area (Å²) in [5.41, 5.74) is -0.530. The van der Waals surface area contributed by atoms with E-state index in [4.69, 9.17) is 0 Å². The van der Waals surface area contributed by atoms with Gasteiger partial charge < -0.3 is 9.88 Å². The quantitative estimate of drug-likeness (QED) is 0.825. The number of sulfonamides is 1. The number of hydrogen-bond acceptors (Lipinski definition) is 4. The topological polar surface area (TPSA) is 95.2 Å². The summed E-state index contributed by atoms with van der Waals surface area (Å²) in [6.07, 6.45) is 3.99. The molecular weight excluding hydrogens is 372 g/mol. The number of H-pyrrole nitrogens is 1. The van der Waals surface area contributed by atoms with E-state index in [9.17, 15) is 13.2 Å². The molecule has 0 bridgehead atoms. The van der Waals surface area contributed by atoms with Crippen LogP contribution in [-0.2, 0) is 14.8 Å². The number of halogens is 1. The number of fused-ring (bicyclic) bond motifs is 1. The number of aromatic nitrogens is 2. The highest BCUT2D eigenvalue weighted by molar-refractivity contribution is 9.10. The molecule has 0 atom stereocenters. The van der Waals surface area contributed by atoms with Crippen molar-refractivity contribution in [3.05, 3.63) is 22.9 Å². The van der Waals surface area contributed by atoms with Gasteiger partial charge in [-0.1, -0.05) is 0 Å². The summed E-state index contributed by atoms with van der Waals surface area (Å²) in [6, 6.07) is 1.68. The molecule has 7 nitrogen and oxygen atoms in total. The van der Waals surface area contributed by atoms with Crippen LogP contribution in [0.15, 0.2) is 27.8 Å². The molecule has 22 heavy (non-hydrogen) atoms. The summed E-state index contributed by atoms with van der Waals surface area (Å²) in [4.78, 5) is 20.6. The van der Waals surface area contributed by atoms with Crippen LogP contribution in [0.5, 0.6) is 0 Å². The Bertz CT molecular complexity index is 855. The molecule has 1 aliphatic rings. The molecule has 0 aromatic carbocycles. The number of pyridine rings is 1. The lowest BCUT2D eigenvalue weighted by molar-refractivity contribution is -0.131. The van der Waals surface area contributed by atoms with Crippen molar-refractivity contribution in [2.45, 2.75) is 23.3 Å². The SMILES string of the molecule is CN(C)C(=O)C1(NS(=O)(=O)c2c[nH]c3ncc(Br)cc23)CC1. The van der Waals surface area contributed by atoms with Crippen molar-refractivity contribution in [3.8, 4) is 0 Å². The van der Waals surface area contributed by atoms with Crippen molar-refractivity contribution in [2.24, 2.45) is 0 Å². The van der Waals surface area contributed by atoms with Crippen molar-refractivity contribution in [3.63, 3.8) is 0 Å². The van der Waals surface area contributed by atoms with Crippen LogP contribution in [0.25, 0.3) is 11.0 Å². The standard InChI is InChI=1S/C13H15BrN4O3S/c1-18(2)12(19)13(3-4-13)17-22(20,21)10-7-16-11-9(10)5-8(14)6-15-11/h5-7,17H,3-4H2,1-2H3,(H,15,16). The maximum Gasteiger partial charge on any atom is 0.243 e. The van der Waals surface area contributed by atoms with Gasteiger partial charge in [-0.2, -0.15) is 4.72 Å². The van der Waals surface area contributed by atoms with E-state index in [-0.39, 0.29) is 10.8 Å². The van der Waals surface area contributed by atoms with Gasteiger partial charge in [-0.05, 0) is 34.8 Å². The van der Waals surface area contributed by atoms with Crippen molar-refractivity contribution in [1.82, 2.24) is 19.6 Å². The molecule has 0 unspecified atom stereocenters. The van der Waals surface area contributed by atoms with Crippen LogP contribution in [0.4, 0.5) is 0 Å². The lowest BCUT2D eigenvalue weighted by Crippen LogP contribution is -2.48. The fraction of sp³-hybridized carbons (Fsp3) is 0.385. The van der Waals surface area contributed by atoms with E-state index in [0.29, 0.717) is 28.3 Å². The molecule has 2 aromatic rings. The molecule has 1 fully saturated rings. The minimum Gasteiger partial charge on any atom is -0.347 e. The third-order valence-electron chi connectivity index (χ3n) is 3.64. The van der Waals surface area contributed by atoms with Gasteiger partial charge in [-0.15, -0.1) is 0 Å². The second kappa shape index (κ2) is 5.04. The van der Waals surface area contributed by atoms with E-state index in [1.54, 1.807) is 26.4 Å². The molecule has 2 heterocycles. The number of nitrogens with one attached hydrogen (secondary N) is 2. The number of amides is 1. The third kappa shape index (κ3) is 2.53. The highest BCUT2D eigenvalue weighted by Crippen LogP contribution is 2.39. The van der Waals surface area contributed by atoms with E-state index in [0.717, 1.165) is 0 Å². The zero-order valence-electron chi connectivity index (χ0n) is 12.1. The minimum absolute atomic E-state index is 0.0918. The summed E-state index contributed by atoms with van der Waals surface area (Å²) in [5.74, 6) is -0.227. The molecular formula is C13H15BrN4O3S. The summed E-state index contributed by atoms with van der Waals surface area (Å²) in [6.45, 7) is 0. The van der Waals surface area contributed by atoms with Crippen molar-refractivity contribution >= 4 is 42.9 Å². The lowest BCUT2D eigenvalue weighted by atomic mass is 10.2. The van der Waals surface area contributed by atoms with Crippen LogP contribution in [0.3, 0.4) is 0 Å². The monoisotopic (exact) mass is 386 g/mol. The molecule has 118 valence electrons. The van der Waals surface area contributed by atoms with Crippen LogP contribution < -0.4 is 4.72 Å². The van der Waals surface area contributed by atoms with Crippen LogP contribution in [-0.4, -0.2) is 48.8 Å². The molecule has 1 saturated carbocycles. The number of carbonyl (C=O) groups is 1. The Hall–Kier alpha value is -1.45. The van der Waals surface area contributed by atoms with Gasteiger partial charge in [0.25, 0.3) is 0 Å². The van der Waals surface area contributed by atoms with Crippen molar-refractivity contribution < 1.29 is 13.2 Å². The van der Waals surface area contributed by atoms with Gasteiger partial charge in [-0.25, -0.2) is 13.4 Å². The highest BCUT2D eigenvalue weighted by Gasteiger charge is 2.53. The van der Waals surface area contributed by atoms with Gasteiger partial charge in [0, 0.05) is 36.3 Å². The van der Waals surface area contributed by atoms with Gasteiger partial charge in [-0.3, -0.25) is 4.79 Å². The van der Waals surface area contributed by atoms with Crippen LogP contribution >= 0.6 is 15.9 Å². The van der Waals surface area contributed by atoms with Gasteiger partial charge >= 0.3 is 0 Å². The number of aromatic amines is 1. The summed E-state index contributed by atoms with van der Waals surface area (Å²) in [5, 5.41) is 0.481. The zero-order chi connectivity index (χ0) is 16.1. The van der Waals surface area contributed by atoms with E-state index in [2.05, 4.69) is 30.6 Å². The fourth-order valence-electron chi connectivity index (χ4n) is 2.40. The van der Waals surface area contributed by atoms with Crippen molar-refractivity contribution in [1.29, 1.82) is 0 Å². The summed E-state index contributed by atoms with van der Waals surface area (Å²) in [7, 11) is -0.595. The second-order valence-corrected chi connectivity index (χ2v) is 8.16. The number of hydrogen-bond donors (Lipinski definition) is 2. The van der Waals surface area contributed by atoms with Crippen LogP contribution in [0, 0.1) is 0 Å². The Morgan fingerprint density at radius 1 is 1.45 bits per heavy atom. The summed E-state index contributed by atoms with van der Waals surface area (Å²) < 4.78 is 28.6. The number of rotatable bonds is 4. The molecule has 9 heteroatoms. The fourth-order valence-corrected chi connectivity index (χ4v) is 4.31. The minimum atomic E-state index is -3.82. The average molecular weight is 387 g/mol. The van der Waals surface area contributed by atoms with Gasteiger partial charge in [0.1, 0.15) is 16.1 Å². The van der Waals surface area contributed by atoms with E-state index >= 15 is 0 Å². The van der Waals surface area contributed by atoms with E-state index in [1.807, 2.05) is 0 Å². The molecule has 1 amide bonds. The summed E-state index contributed by atoms with van der Waals surface area (Å²) >= 11 is 3.28. The average Bonchev–Trinajstić information content (AvgIpc) is 3.07. The second-order valence-electron chi connectivity index (χ2n) is 5.59. The first-order valence-corrected chi connectivity index (χ1v) is 8.91.